The standard InChI is InChI=1S/C8H8N2O2S3/c1-12-6(11)5-3-4(7(14-2)15-5)10-8(13)9-3/h1-2H3,(H2,9,10,13). The van der Waals surface area contributed by atoms with Gasteiger partial charge in [0, 0.05) is 0 Å². The number of imidazole rings is 1. The number of methoxy groups -OCH3 is 1. The third-order valence-corrected chi connectivity index (χ3v) is 4.40. The third kappa shape index (κ3) is 1.70. The first-order valence-electron chi connectivity index (χ1n) is 4.04. The summed E-state index contributed by atoms with van der Waals surface area (Å²) in [5.74, 6) is -0.337. The number of hydrogen-bond acceptors (Lipinski definition) is 5. The van der Waals surface area contributed by atoms with Crippen LogP contribution < -0.4 is 0 Å². The first kappa shape index (κ1) is 10.7. The van der Waals surface area contributed by atoms with Crippen molar-refractivity contribution < 1.29 is 9.53 Å². The molecule has 2 aromatic heterocycles. The topological polar surface area (TPSA) is 57.9 Å². The van der Waals surface area contributed by atoms with Crippen molar-refractivity contribution in [1.29, 1.82) is 0 Å². The van der Waals surface area contributed by atoms with Gasteiger partial charge < -0.3 is 14.7 Å². The fourth-order valence-electron chi connectivity index (χ4n) is 1.28. The van der Waals surface area contributed by atoms with E-state index >= 15 is 0 Å². The quantitative estimate of drug-likeness (QED) is 0.495. The van der Waals surface area contributed by atoms with Gasteiger partial charge in [-0.2, -0.15) is 0 Å². The van der Waals surface area contributed by atoms with Crippen molar-refractivity contribution >= 4 is 52.3 Å². The van der Waals surface area contributed by atoms with Crippen molar-refractivity contribution in [3.05, 3.63) is 9.65 Å². The maximum atomic E-state index is 11.5. The van der Waals surface area contributed by atoms with Gasteiger partial charge in [0.05, 0.1) is 22.4 Å². The molecule has 0 saturated heterocycles. The second kappa shape index (κ2) is 3.99. The molecule has 0 aliphatic carbocycles. The van der Waals surface area contributed by atoms with Gasteiger partial charge in [0.15, 0.2) is 4.77 Å². The molecule has 80 valence electrons. The van der Waals surface area contributed by atoms with Crippen LogP contribution in [-0.2, 0) is 4.74 Å². The van der Waals surface area contributed by atoms with Gasteiger partial charge in [0.1, 0.15) is 4.88 Å². The molecule has 0 bridgehead atoms. The van der Waals surface area contributed by atoms with E-state index in [0.29, 0.717) is 9.65 Å². The largest absolute Gasteiger partial charge is 0.465 e. The first-order valence-corrected chi connectivity index (χ1v) is 6.49. The molecule has 7 heteroatoms. The monoisotopic (exact) mass is 260 g/mol. The second-order valence-electron chi connectivity index (χ2n) is 2.74. The number of thioether (sulfide) groups is 1. The highest BCUT2D eigenvalue weighted by Gasteiger charge is 2.19. The van der Waals surface area contributed by atoms with Gasteiger partial charge in [0.25, 0.3) is 0 Å². The van der Waals surface area contributed by atoms with Gasteiger partial charge in [-0.3, -0.25) is 0 Å². The molecule has 15 heavy (non-hydrogen) atoms. The number of aromatic nitrogens is 2. The van der Waals surface area contributed by atoms with Crippen LogP contribution in [0.2, 0.25) is 0 Å². The van der Waals surface area contributed by atoms with E-state index in [1.54, 1.807) is 11.8 Å². The van der Waals surface area contributed by atoms with E-state index in [2.05, 4.69) is 9.97 Å². The van der Waals surface area contributed by atoms with Crippen LogP contribution in [-0.4, -0.2) is 29.3 Å². The van der Waals surface area contributed by atoms with Crippen LogP contribution in [0.15, 0.2) is 4.21 Å². The van der Waals surface area contributed by atoms with E-state index < -0.39 is 0 Å². The highest BCUT2D eigenvalue weighted by Crippen LogP contribution is 2.35. The van der Waals surface area contributed by atoms with Gasteiger partial charge in [0.2, 0.25) is 0 Å². The van der Waals surface area contributed by atoms with Crippen molar-refractivity contribution in [3.8, 4) is 0 Å². The summed E-state index contributed by atoms with van der Waals surface area (Å²) in [5.41, 5.74) is 1.62. The summed E-state index contributed by atoms with van der Waals surface area (Å²) >= 11 is 7.96. The molecule has 0 unspecified atom stereocenters. The lowest BCUT2D eigenvalue weighted by molar-refractivity contribution is 0.0608. The molecule has 2 heterocycles. The molecule has 0 aromatic carbocycles. The Morgan fingerprint density at radius 2 is 2.13 bits per heavy atom. The summed E-state index contributed by atoms with van der Waals surface area (Å²) in [4.78, 5) is 18.0. The van der Waals surface area contributed by atoms with E-state index in [0.717, 1.165) is 15.2 Å². The van der Waals surface area contributed by atoms with Crippen LogP contribution in [0.5, 0.6) is 0 Å². The smallest absolute Gasteiger partial charge is 0.350 e. The Labute approximate surface area is 99.0 Å². The number of thiophene rings is 1. The molecular formula is C8H8N2O2S3. The average molecular weight is 260 g/mol. The fourth-order valence-corrected chi connectivity index (χ4v) is 3.29. The number of rotatable bonds is 2. The van der Waals surface area contributed by atoms with E-state index in [-0.39, 0.29) is 5.97 Å². The molecule has 0 aliphatic rings. The number of aromatic amines is 2. The zero-order chi connectivity index (χ0) is 11.0. The zero-order valence-electron chi connectivity index (χ0n) is 8.04. The Morgan fingerprint density at radius 3 is 2.73 bits per heavy atom. The number of esters is 1. The molecular weight excluding hydrogens is 252 g/mol. The van der Waals surface area contributed by atoms with Crippen molar-refractivity contribution in [2.24, 2.45) is 0 Å². The second-order valence-corrected chi connectivity index (χ2v) is 5.25. The lowest BCUT2D eigenvalue weighted by atomic mass is 10.4. The van der Waals surface area contributed by atoms with Crippen LogP contribution >= 0.6 is 35.3 Å². The molecule has 0 saturated carbocycles. The first-order chi connectivity index (χ1) is 7.17. The lowest BCUT2D eigenvalue weighted by Crippen LogP contribution is -1.98. The number of ether oxygens (including phenoxy) is 1. The summed E-state index contributed by atoms with van der Waals surface area (Å²) in [6.45, 7) is 0. The molecule has 2 aromatic rings. The van der Waals surface area contributed by atoms with Crippen molar-refractivity contribution in [2.75, 3.05) is 13.4 Å². The Bertz CT molecular complexity index is 566. The van der Waals surface area contributed by atoms with Crippen LogP contribution in [0, 0.1) is 4.77 Å². The van der Waals surface area contributed by atoms with Crippen LogP contribution in [0.25, 0.3) is 11.0 Å². The molecule has 2 N–H and O–H groups in total. The average Bonchev–Trinajstić information content (AvgIpc) is 2.73. The van der Waals surface area contributed by atoms with Gasteiger partial charge in [-0.1, -0.05) is 0 Å². The predicted octanol–water partition coefficient (Wildman–Crippen LogP) is 2.80. The summed E-state index contributed by atoms with van der Waals surface area (Å²) in [6, 6.07) is 0. The molecule has 4 nitrogen and oxygen atoms in total. The molecule has 0 amide bonds. The van der Waals surface area contributed by atoms with Crippen LogP contribution in [0.4, 0.5) is 0 Å². The summed E-state index contributed by atoms with van der Waals surface area (Å²) in [6.07, 6.45) is 1.95. The van der Waals surface area contributed by atoms with Gasteiger partial charge >= 0.3 is 5.97 Å². The van der Waals surface area contributed by atoms with Gasteiger partial charge in [-0.25, -0.2) is 4.79 Å². The summed E-state index contributed by atoms with van der Waals surface area (Å²) < 4.78 is 6.25. The minimum absolute atomic E-state index is 0.337. The Morgan fingerprint density at radius 1 is 1.47 bits per heavy atom. The zero-order valence-corrected chi connectivity index (χ0v) is 10.5. The number of nitrogens with one attached hydrogen (secondary N) is 2. The number of fused-ring (bicyclic) bond motifs is 1. The molecule has 0 spiro atoms. The van der Waals surface area contributed by atoms with E-state index in [4.69, 9.17) is 17.0 Å². The van der Waals surface area contributed by atoms with Gasteiger partial charge in [-0.15, -0.1) is 23.1 Å². The van der Waals surface area contributed by atoms with Crippen molar-refractivity contribution in [3.63, 3.8) is 0 Å². The molecule has 0 fully saturated rings. The maximum absolute atomic E-state index is 11.5. The molecule has 0 radical (unpaired) electrons. The van der Waals surface area contributed by atoms with E-state index in [9.17, 15) is 4.79 Å². The Hall–Kier alpha value is -0.790. The Balaban J connectivity index is 2.74. The minimum Gasteiger partial charge on any atom is -0.465 e. The number of H-pyrrole nitrogens is 2. The molecule has 2 rings (SSSR count). The number of hydrogen-bond donors (Lipinski definition) is 2. The normalized spacial score (nSPS) is 10.8. The van der Waals surface area contributed by atoms with Crippen molar-refractivity contribution in [2.45, 2.75) is 4.21 Å². The Kier molecular flexibility index (Phi) is 2.85. The van der Waals surface area contributed by atoms with E-state index in [1.807, 2.05) is 6.26 Å². The lowest BCUT2D eigenvalue weighted by Gasteiger charge is -1.92. The molecule has 0 atom stereocenters. The van der Waals surface area contributed by atoms with Crippen LogP contribution in [0.1, 0.15) is 9.67 Å². The number of carbonyl (C=O) groups is 1. The van der Waals surface area contributed by atoms with Crippen molar-refractivity contribution in [1.82, 2.24) is 9.97 Å². The summed E-state index contributed by atoms with van der Waals surface area (Å²) in [7, 11) is 1.37. The van der Waals surface area contributed by atoms with Crippen LogP contribution in [0.3, 0.4) is 0 Å². The SMILES string of the molecule is COC(=O)c1sc(SC)c2[nH]c(=S)[nH]c12. The maximum Gasteiger partial charge on any atom is 0.350 e. The molecule has 0 aliphatic heterocycles. The summed E-state index contributed by atoms with van der Waals surface area (Å²) in [5, 5.41) is 0. The predicted molar refractivity (Wildman–Crippen MR) is 64.5 cm³/mol. The number of carbonyl (C=O) groups excluding carboxylic acids is 1. The highest BCUT2D eigenvalue weighted by atomic mass is 32.2. The fraction of sp³-hybridized carbons (Fsp3) is 0.250. The van der Waals surface area contributed by atoms with Gasteiger partial charge in [-0.05, 0) is 18.5 Å². The van der Waals surface area contributed by atoms with E-state index in [1.165, 1.54) is 18.4 Å². The third-order valence-electron chi connectivity index (χ3n) is 1.91. The highest BCUT2D eigenvalue weighted by molar-refractivity contribution is 8.00. The minimum atomic E-state index is -0.337.